The molecule has 1 N–H and O–H groups in total. The summed E-state index contributed by atoms with van der Waals surface area (Å²) < 4.78 is 6.31. The van der Waals surface area contributed by atoms with Gasteiger partial charge in [0.2, 0.25) is 0 Å². The maximum Gasteiger partial charge on any atom is 0.135 e. The third-order valence-electron chi connectivity index (χ3n) is 9.50. The van der Waals surface area contributed by atoms with Gasteiger partial charge in [-0.1, -0.05) is 115 Å². The highest BCUT2D eigenvalue weighted by Crippen LogP contribution is 2.50. The van der Waals surface area contributed by atoms with Gasteiger partial charge in [0, 0.05) is 33.3 Å². The molecule has 0 spiro atoms. The highest BCUT2D eigenvalue weighted by atomic mass is 16.5. The van der Waals surface area contributed by atoms with E-state index < -0.39 is 0 Å². The van der Waals surface area contributed by atoms with E-state index >= 15 is 0 Å². The van der Waals surface area contributed by atoms with Gasteiger partial charge >= 0.3 is 0 Å². The van der Waals surface area contributed by atoms with Gasteiger partial charge in [0.25, 0.3) is 0 Å². The van der Waals surface area contributed by atoms with Crippen LogP contribution in [-0.2, 0) is 0 Å². The Hall–Kier alpha value is -5.86. The van der Waals surface area contributed by atoms with E-state index in [1.54, 1.807) is 0 Å². The first kappa shape index (κ1) is 26.5. The zero-order chi connectivity index (χ0) is 30.6. The molecule has 1 unspecified atom stereocenters. The molecule has 0 saturated heterocycles. The predicted octanol–water partition coefficient (Wildman–Crippen LogP) is 11.9. The van der Waals surface area contributed by atoms with E-state index in [0.29, 0.717) is 0 Å². The quantitative estimate of drug-likeness (QED) is 0.212. The predicted molar refractivity (Wildman–Crippen MR) is 191 cm³/mol. The van der Waals surface area contributed by atoms with Crippen molar-refractivity contribution < 1.29 is 4.74 Å². The molecule has 46 heavy (non-hydrogen) atoms. The summed E-state index contributed by atoms with van der Waals surface area (Å²) in [6, 6.07) is 56.5. The van der Waals surface area contributed by atoms with Crippen LogP contribution in [0.3, 0.4) is 0 Å². The third-order valence-corrected chi connectivity index (χ3v) is 9.50. The first-order chi connectivity index (χ1) is 22.7. The minimum Gasteiger partial charge on any atom is -0.457 e. The van der Waals surface area contributed by atoms with E-state index in [4.69, 9.17) is 4.74 Å². The molecule has 8 aromatic rings. The molecule has 1 heterocycles. The molecule has 0 amide bonds. The van der Waals surface area contributed by atoms with Crippen molar-refractivity contribution in [2.75, 3.05) is 0 Å². The number of ether oxygens (including phenoxy) is 1. The fraction of sp³-hybridized carbons (Fsp3) is 0.0455. The van der Waals surface area contributed by atoms with Crippen molar-refractivity contribution in [3.8, 4) is 44.9 Å². The average Bonchev–Trinajstić information content (AvgIpc) is 3.64. The Morgan fingerprint density at radius 3 is 2.02 bits per heavy atom. The summed E-state index contributed by atoms with van der Waals surface area (Å²) >= 11 is 0. The van der Waals surface area contributed by atoms with Crippen LogP contribution in [-0.4, -0.2) is 4.98 Å². The molecule has 7 aromatic carbocycles. The first-order valence-corrected chi connectivity index (χ1v) is 15.9. The van der Waals surface area contributed by atoms with E-state index in [1.807, 2.05) is 42.5 Å². The first-order valence-electron chi connectivity index (χ1n) is 15.9. The minimum absolute atomic E-state index is 0.173. The van der Waals surface area contributed by atoms with Crippen LogP contribution >= 0.6 is 0 Å². The summed E-state index contributed by atoms with van der Waals surface area (Å²) in [4.78, 5) is 3.59. The molecule has 0 saturated carbocycles. The second-order valence-electron chi connectivity index (χ2n) is 12.2. The van der Waals surface area contributed by atoms with Gasteiger partial charge in [-0.2, -0.15) is 0 Å². The zero-order valence-electron chi connectivity index (χ0n) is 25.5. The Kier molecular flexibility index (Phi) is 6.14. The lowest BCUT2D eigenvalue weighted by Gasteiger charge is -2.17. The van der Waals surface area contributed by atoms with Crippen LogP contribution in [0.2, 0.25) is 0 Å². The van der Waals surface area contributed by atoms with Crippen LogP contribution in [0.5, 0.6) is 11.5 Å². The molecule has 0 bridgehead atoms. The van der Waals surface area contributed by atoms with E-state index in [9.17, 15) is 0 Å². The van der Waals surface area contributed by atoms with Crippen LogP contribution in [0.1, 0.15) is 28.2 Å². The molecular formula is C44H31NO. The Balaban J connectivity index is 1.12. The number of aryl methyl sites for hydroxylation is 1. The monoisotopic (exact) mass is 589 g/mol. The molecule has 0 aliphatic heterocycles. The second kappa shape index (κ2) is 10.6. The van der Waals surface area contributed by atoms with Gasteiger partial charge in [-0.05, 0) is 99.5 Å². The van der Waals surface area contributed by atoms with Gasteiger partial charge in [0.05, 0.1) is 0 Å². The maximum atomic E-state index is 6.31. The number of hydrogen-bond acceptors (Lipinski definition) is 1. The van der Waals surface area contributed by atoms with Crippen molar-refractivity contribution in [3.63, 3.8) is 0 Å². The maximum absolute atomic E-state index is 6.31. The molecule has 1 atom stereocenters. The van der Waals surface area contributed by atoms with Gasteiger partial charge < -0.3 is 9.72 Å². The molecule has 0 radical (unpaired) electrons. The number of fused-ring (bicyclic) bond motifs is 6. The standard InChI is InChI=1S/C44H31NO/c1-28-25-29(19-22-33(28)37-15-8-10-18-43(37)46-32-11-3-2-4-12-32)30-20-23-35-34-13-5-6-16-38(34)44(40(35)26-30)31-21-24-42-39(27-31)36-14-7-9-17-41(36)45-42/h2-27,44-45H,1H3. The summed E-state index contributed by atoms with van der Waals surface area (Å²) in [6.45, 7) is 2.20. The smallest absolute Gasteiger partial charge is 0.135 e. The van der Waals surface area contributed by atoms with Gasteiger partial charge in [0.1, 0.15) is 11.5 Å². The fourth-order valence-electron chi connectivity index (χ4n) is 7.33. The SMILES string of the molecule is Cc1cc(-c2ccc3c(c2)C(c2ccc4[nH]c5ccccc5c4c2)c2ccccc2-3)ccc1-c1ccccc1Oc1ccccc1. The van der Waals surface area contributed by atoms with Crippen molar-refractivity contribution in [3.05, 3.63) is 180 Å². The van der Waals surface area contributed by atoms with Gasteiger partial charge in [-0.25, -0.2) is 0 Å². The summed E-state index contributed by atoms with van der Waals surface area (Å²) in [7, 11) is 0. The molecular weight excluding hydrogens is 558 g/mol. The molecule has 218 valence electrons. The van der Waals surface area contributed by atoms with Crippen molar-refractivity contribution in [1.82, 2.24) is 4.98 Å². The fourth-order valence-corrected chi connectivity index (χ4v) is 7.33. The van der Waals surface area contributed by atoms with Crippen LogP contribution in [0.15, 0.2) is 158 Å². The molecule has 2 nitrogen and oxygen atoms in total. The summed E-state index contributed by atoms with van der Waals surface area (Å²) in [5.41, 5.74) is 15.0. The number of benzene rings is 7. The van der Waals surface area contributed by atoms with E-state index in [0.717, 1.165) is 17.1 Å². The summed E-state index contributed by atoms with van der Waals surface area (Å²) in [5.74, 6) is 1.86. The van der Waals surface area contributed by atoms with Crippen molar-refractivity contribution in [1.29, 1.82) is 0 Å². The van der Waals surface area contributed by atoms with Crippen LogP contribution < -0.4 is 4.74 Å². The average molecular weight is 590 g/mol. The Morgan fingerprint density at radius 1 is 0.478 bits per heavy atom. The van der Waals surface area contributed by atoms with Crippen LogP contribution in [0, 0.1) is 6.92 Å². The highest BCUT2D eigenvalue weighted by molar-refractivity contribution is 6.07. The number of H-pyrrole nitrogens is 1. The molecule has 9 rings (SSSR count). The van der Waals surface area contributed by atoms with E-state index in [-0.39, 0.29) is 5.92 Å². The lowest BCUT2D eigenvalue weighted by molar-refractivity contribution is 0.484. The zero-order valence-corrected chi connectivity index (χ0v) is 25.5. The molecule has 2 heteroatoms. The Bertz CT molecular complexity index is 2420. The Labute approximate surface area is 268 Å². The Morgan fingerprint density at radius 2 is 1.15 bits per heavy atom. The van der Waals surface area contributed by atoms with Gasteiger partial charge in [-0.15, -0.1) is 0 Å². The van der Waals surface area contributed by atoms with Gasteiger partial charge in [0.15, 0.2) is 0 Å². The molecule has 1 aromatic heterocycles. The summed E-state index contributed by atoms with van der Waals surface area (Å²) in [6.07, 6.45) is 0. The van der Waals surface area contributed by atoms with E-state index in [1.165, 1.54) is 71.9 Å². The molecule has 0 fully saturated rings. The van der Waals surface area contributed by atoms with Crippen molar-refractivity contribution in [2.45, 2.75) is 12.8 Å². The largest absolute Gasteiger partial charge is 0.457 e. The molecule has 1 aliphatic rings. The second-order valence-corrected chi connectivity index (χ2v) is 12.2. The number of aromatic amines is 1. The van der Waals surface area contributed by atoms with Crippen LogP contribution in [0.25, 0.3) is 55.2 Å². The van der Waals surface area contributed by atoms with Crippen molar-refractivity contribution in [2.24, 2.45) is 0 Å². The highest BCUT2D eigenvalue weighted by Gasteiger charge is 2.30. The van der Waals surface area contributed by atoms with Crippen molar-refractivity contribution >= 4 is 21.8 Å². The normalized spacial score (nSPS) is 13.5. The lowest BCUT2D eigenvalue weighted by atomic mass is 9.87. The number of rotatable bonds is 5. The number of hydrogen-bond donors (Lipinski definition) is 1. The topological polar surface area (TPSA) is 25.0 Å². The lowest BCUT2D eigenvalue weighted by Crippen LogP contribution is -1.99. The minimum atomic E-state index is 0.173. The van der Waals surface area contributed by atoms with Gasteiger partial charge in [-0.3, -0.25) is 0 Å². The van der Waals surface area contributed by atoms with E-state index in [2.05, 4.69) is 127 Å². The number of aromatic nitrogens is 1. The third kappa shape index (κ3) is 4.34. The molecule has 1 aliphatic carbocycles. The number of nitrogens with one attached hydrogen (secondary N) is 1. The van der Waals surface area contributed by atoms with Crippen LogP contribution in [0.4, 0.5) is 0 Å². The number of para-hydroxylation sites is 3. The summed E-state index contributed by atoms with van der Waals surface area (Å²) in [5, 5.41) is 2.55.